The standard InChI is InChI=1S/C30H36BrN5O/c31-23-10-7-11-24-25(23)28(37)34-29-30(14-5-2-6-15-30)22-18-32-26(33-27(22)36(24)29)21-12-16-35(17-13-21)19-20-8-3-1-4-9-20/h7,10-11,18,20-21H,1-6,8-9,12-17,19H2. The van der Waals surface area contributed by atoms with Crippen molar-refractivity contribution in [2.45, 2.75) is 88.4 Å². The van der Waals surface area contributed by atoms with Gasteiger partial charge in [0.05, 0.1) is 16.3 Å². The van der Waals surface area contributed by atoms with Gasteiger partial charge in [-0.05, 0) is 85.6 Å². The van der Waals surface area contributed by atoms with E-state index in [-0.39, 0.29) is 11.0 Å². The fourth-order valence-electron chi connectivity index (χ4n) is 7.73. The van der Waals surface area contributed by atoms with Crippen LogP contribution in [0.4, 0.5) is 0 Å². The van der Waals surface area contributed by atoms with Crippen molar-refractivity contribution in [1.29, 1.82) is 0 Å². The lowest BCUT2D eigenvalue weighted by atomic mass is 9.70. The van der Waals surface area contributed by atoms with Crippen molar-refractivity contribution in [3.05, 3.63) is 56.4 Å². The number of piperidine rings is 1. The lowest BCUT2D eigenvalue weighted by Crippen LogP contribution is -2.37. The second-order valence-electron chi connectivity index (χ2n) is 11.9. The number of halogens is 1. The largest absolute Gasteiger partial charge is 0.303 e. The zero-order valence-corrected chi connectivity index (χ0v) is 23.2. The molecule has 0 radical (unpaired) electrons. The Morgan fingerprint density at radius 2 is 1.70 bits per heavy atom. The first-order chi connectivity index (χ1) is 18.1. The second-order valence-corrected chi connectivity index (χ2v) is 12.8. The predicted octanol–water partition coefficient (Wildman–Crippen LogP) is 6.26. The van der Waals surface area contributed by atoms with E-state index in [2.05, 4.69) is 31.6 Å². The minimum atomic E-state index is -0.245. The summed E-state index contributed by atoms with van der Waals surface area (Å²) in [4.78, 5) is 31.0. The van der Waals surface area contributed by atoms with E-state index in [0.717, 1.165) is 85.0 Å². The van der Waals surface area contributed by atoms with Crippen molar-refractivity contribution in [3.8, 4) is 5.82 Å². The summed E-state index contributed by atoms with van der Waals surface area (Å²) in [6.07, 6.45) is 17.0. The van der Waals surface area contributed by atoms with Crippen molar-refractivity contribution in [2.24, 2.45) is 5.92 Å². The van der Waals surface area contributed by atoms with Gasteiger partial charge in [-0.15, -0.1) is 0 Å². The number of aromatic nitrogens is 4. The molecule has 2 aliphatic carbocycles. The molecule has 2 aromatic heterocycles. The molecule has 2 saturated carbocycles. The summed E-state index contributed by atoms with van der Waals surface area (Å²) < 4.78 is 2.99. The van der Waals surface area contributed by atoms with E-state index in [0.29, 0.717) is 11.3 Å². The van der Waals surface area contributed by atoms with Gasteiger partial charge >= 0.3 is 0 Å². The van der Waals surface area contributed by atoms with Crippen molar-refractivity contribution in [3.63, 3.8) is 0 Å². The van der Waals surface area contributed by atoms with Crippen LogP contribution in [0.5, 0.6) is 0 Å². The molecule has 1 saturated heterocycles. The van der Waals surface area contributed by atoms with E-state index in [1.165, 1.54) is 50.6 Å². The fourth-order valence-corrected chi connectivity index (χ4v) is 8.26. The van der Waals surface area contributed by atoms with E-state index in [4.69, 9.17) is 15.0 Å². The minimum Gasteiger partial charge on any atom is -0.303 e. The van der Waals surface area contributed by atoms with Gasteiger partial charge in [0.2, 0.25) is 0 Å². The number of hydrogen-bond donors (Lipinski definition) is 0. The zero-order valence-electron chi connectivity index (χ0n) is 21.6. The van der Waals surface area contributed by atoms with Gasteiger partial charge in [0.1, 0.15) is 17.5 Å². The fraction of sp³-hybridized carbons (Fsp3) is 0.600. The van der Waals surface area contributed by atoms with E-state index in [1.54, 1.807) is 0 Å². The molecule has 7 heteroatoms. The monoisotopic (exact) mass is 561 g/mol. The highest BCUT2D eigenvalue weighted by Crippen LogP contribution is 2.51. The number of hydrogen-bond acceptors (Lipinski definition) is 5. The van der Waals surface area contributed by atoms with Crippen LogP contribution in [0.2, 0.25) is 0 Å². The van der Waals surface area contributed by atoms with Crippen LogP contribution in [0, 0.1) is 5.92 Å². The van der Waals surface area contributed by atoms with Crippen LogP contribution in [-0.2, 0) is 5.41 Å². The highest BCUT2D eigenvalue weighted by molar-refractivity contribution is 9.10. The van der Waals surface area contributed by atoms with Gasteiger partial charge in [-0.3, -0.25) is 9.36 Å². The molecular weight excluding hydrogens is 526 g/mol. The quantitative estimate of drug-likeness (QED) is 0.377. The maximum absolute atomic E-state index is 13.2. The van der Waals surface area contributed by atoms with Gasteiger partial charge in [-0.1, -0.05) is 44.6 Å². The molecule has 0 bridgehead atoms. The van der Waals surface area contributed by atoms with Crippen LogP contribution >= 0.6 is 15.9 Å². The molecule has 3 aromatic rings. The summed E-state index contributed by atoms with van der Waals surface area (Å²) in [5.41, 5.74) is 1.68. The summed E-state index contributed by atoms with van der Waals surface area (Å²) in [6, 6.07) is 5.98. The number of nitrogens with zero attached hydrogens (tertiary/aromatic N) is 5. The Hall–Kier alpha value is -2.12. The van der Waals surface area contributed by atoms with E-state index < -0.39 is 0 Å². The summed E-state index contributed by atoms with van der Waals surface area (Å²) in [6.45, 7) is 3.56. The van der Waals surface area contributed by atoms with E-state index in [9.17, 15) is 4.79 Å². The Balaban J connectivity index is 1.25. The molecule has 0 N–H and O–H groups in total. The van der Waals surface area contributed by atoms with Crippen molar-refractivity contribution in [1.82, 2.24) is 24.4 Å². The summed E-state index contributed by atoms with van der Waals surface area (Å²) in [5, 5.41) is 0.640. The number of rotatable bonds is 3. The van der Waals surface area contributed by atoms with Gasteiger partial charge in [0.15, 0.2) is 0 Å². The minimum absolute atomic E-state index is 0.148. The molecule has 0 amide bonds. The third kappa shape index (κ3) is 3.99. The SMILES string of the molecule is O=c1nc2n(c3cccc(Br)c13)-c1nc(C3CCN(CC4CCCCC4)CC3)ncc1C21CCCCC1. The Kier molecular flexibility index (Phi) is 6.19. The zero-order chi connectivity index (χ0) is 25.0. The first-order valence-corrected chi connectivity index (χ1v) is 15.3. The summed E-state index contributed by atoms with van der Waals surface area (Å²) in [7, 11) is 0. The molecule has 194 valence electrons. The van der Waals surface area contributed by atoms with Crippen molar-refractivity contribution >= 4 is 26.8 Å². The Morgan fingerprint density at radius 3 is 2.49 bits per heavy atom. The van der Waals surface area contributed by atoms with Crippen LogP contribution in [0.25, 0.3) is 16.7 Å². The first-order valence-electron chi connectivity index (χ1n) is 14.5. The summed E-state index contributed by atoms with van der Waals surface area (Å²) in [5.74, 6) is 4.10. The molecule has 3 fully saturated rings. The molecule has 7 rings (SSSR count). The third-order valence-electron chi connectivity index (χ3n) is 9.71. The summed E-state index contributed by atoms with van der Waals surface area (Å²) >= 11 is 3.61. The topological polar surface area (TPSA) is 63.9 Å². The highest BCUT2D eigenvalue weighted by atomic mass is 79.9. The van der Waals surface area contributed by atoms with Gasteiger partial charge in [-0.2, -0.15) is 4.98 Å². The average Bonchev–Trinajstić information content (AvgIpc) is 3.18. The predicted molar refractivity (Wildman–Crippen MR) is 149 cm³/mol. The van der Waals surface area contributed by atoms with Gasteiger partial charge in [0.25, 0.3) is 5.56 Å². The van der Waals surface area contributed by atoms with Crippen LogP contribution in [0.15, 0.2) is 33.7 Å². The second kappa shape index (κ2) is 9.57. The average molecular weight is 563 g/mol. The Labute approximate surface area is 227 Å². The molecule has 37 heavy (non-hydrogen) atoms. The number of likely N-dealkylation sites (tertiary alicyclic amines) is 1. The molecule has 4 heterocycles. The molecule has 6 nitrogen and oxygen atoms in total. The molecule has 1 spiro atoms. The number of fused-ring (bicyclic) bond motifs is 7. The molecular formula is C30H36BrN5O. The van der Waals surface area contributed by atoms with Crippen LogP contribution in [0.3, 0.4) is 0 Å². The lowest BCUT2D eigenvalue weighted by Gasteiger charge is -2.35. The van der Waals surface area contributed by atoms with Crippen LogP contribution in [-0.4, -0.2) is 44.1 Å². The highest BCUT2D eigenvalue weighted by Gasteiger charge is 2.48. The Bertz CT molecular complexity index is 1380. The number of benzene rings is 1. The maximum Gasteiger partial charge on any atom is 0.281 e. The van der Waals surface area contributed by atoms with Crippen LogP contribution < -0.4 is 5.56 Å². The van der Waals surface area contributed by atoms with Crippen LogP contribution in [0.1, 0.15) is 100 Å². The van der Waals surface area contributed by atoms with Gasteiger partial charge in [0, 0.05) is 28.7 Å². The Morgan fingerprint density at radius 1 is 0.946 bits per heavy atom. The van der Waals surface area contributed by atoms with Crippen molar-refractivity contribution in [2.75, 3.05) is 19.6 Å². The van der Waals surface area contributed by atoms with Gasteiger partial charge in [-0.25, -0.2) is 9.97 Å². The smallest absolute Gasteiger partial charge is 0.281 e. The maximum atomic E-state index is 13.2. The molecule has 2 aliphatic heterocycles. The molecule has 0 unspecified atom stereocenters. The van der Waals surface area contributed by atoms with E-state index in [1.807, 2.05) is 18.2 Å². The third-order valence-corrected chi connectivity index (χ3v) is 10.4. The van der Waals surface area contributed by atoms with Gasteiger partial charge < -0.3 is 4.90 Å². The van der Waals surface area contributed by atoms with E-state index >= 15 is 0 Å². The molecule has 0 atom stereocenters. The first kappa shape index (κ1) is 24.0. The molecule has 1 aromatic carbocycles. The lowest BCUT2D eigenvalue weighted by molar-refractivity contribution is 0.162. The van der Waals surface area contributed by atoms with Crippen molar-refractivity contribution < 1.29 is 0 Å². The molecule has 4 aliphatic rings. The normalized spacial score (nSPS) is 22.4.